The minimum Gasteiger partial charge on any atom is -0.351 e. The van der Waals surface area contributed by atoms with Crippen LogP contribution in [0.25, 0.3) is 0 Å². The Hall–Kier alpha value is -2.06. The molecule has 0 fully saturated rings. The van der Waals surface area contributed by atoms with E-state index in [-0.39, 0.29) is 12.2 Å². The summed E-state index contributed by atoms with van der Waals surface area (Å²) in [5.41, 5.74) is 0.0637. The molecule has 0 atom stereocenters. The van der Waals surface area contributed by atoms with Gasteiger partial charge in [0.05, 0.1) is 12.7 Å². The quantitative estimate of drug-likeness (QED) is 0.698. The Labute approximate surface area is 116 Å². The summed E-state index contributed by atoms with van der Waals surface area (Å²) in [4.78, 5) is 30.7. The fourth-order valence-corrected chi connectivity index (χ4v) is 1.34. The van der Waals surface area contributed by atoms with Gasteiger partial charge in [-0.15, -0.1) is 0 Å². The van der Waals surface area contributed by atoms with Gasteiger partial charge in [-0.3, -0.25) is 15.1 Å². The fourth-order valence-electron chi connectivity index (χ4n) is 1.34. The summed E-state index contributed by atoms with van der Waals surface area (Å²) in [5.74, 6) is -0.625. The first-order valence-electron chi connectivity index (χ1n) is 6.25. The van der Waals surface area contributed by atoms with Crippen LogP contribution in [0.2, 0.25) is 0 Å². The molecule has 0 aliphatic carbocycles. The number of urea groups is 1. The van der Waals surface area contributed by atoms with Crippen LogP contribution in [0, 0.1) is 0 Å². The minimum atomic E-state index is -0.648. The smallest absolute Gasteiger partial charge is 0.321 e. The van der Waals surface area contributed by atoms with Crippen LogP contribution in [0.4, 0.5) is 4.79 Å². The van der Waals surface area contributed by atoms with Gasteiger partial charge in [-0.1, -0.05) is 0 Å². The summed E-state index contributed by atoms with van der Waals surface area (Å²) < 4.78 is 10.5. The number of hydrogen-bond donors (Lipinski definition) is 2. The van der Waals surface area contributed by atoms with E-state index in [0.29, 0.717) is 13.2 Å². The van der Waals surface area contributed by atoms with Crippen molar-refractivity contribution in [1.82, 2.24) is 20.6 Å². The maximum absolute atomic E-state index is 11.6. The van der Waals surface area contributed by atoms with Crippen molar-refractivity contribution in [2.24, 2.45) is 0 Å². The zero-order valence-electron chi connectivity index (χ0n) is 11.5. The van der Waals surface area contributed by atoms with Crippen molar-refractivity contribution < 1.29 is 19.1 Å². The van der Waals surface area contributed by atoms with E-state index in [1.54, 1.807) is 0 Å². The monoisotopic (exact) mass is 282 g/mol. The van der Waals surface area contributed by atoms with Gasteiger partial charge in [0, 0.05) is 25.6 Å². The van der Waals surface area contributed by atoms with Crippen LogP contribution < -0.4 is 10.6 Å². The summed E-state index contributed by atoms with van der Waals surface area (Å²) in [7, 11) is 0. The molecule has 20 heavy (non-hydrogen) atoms. The van der Waals surface area contributed by atoms with Crippen LogP contribution in [-0.4, -0.2) is 48.0 Å². The second-order valence-corrected chi connectivity index (χ2v) is 3.60. The van der Waals surface area contributed by atoms with E-state index in [0.717, 1.165) is 0 Å². The van der Waals surface area contributed by atoms with E-state index in [1.165, 1.54) is 18.6 Å². The lowest BCUT2D eigenvalue weighted by molar-refractivity contribution is -0.131. The molecule has 8 nitrogen and oxygen atoms in total. The Kier molecular flexibility index (Phi) is 7.15. The van der Waals surface area contributed by atoms with Crippen LogP contribution in [0.1, 0.15) is 24.3 Å². The number of hydrogen-bond acceptors (Lipinski definition) is 6. The zero-order valence-corrected chi connectivity index (χ0v) is 11.5. The highest BCUT2D eigenvalue weighted by atomic mass is 16.7. The Morgan fingerprint density at radius 3 is 2.50 bits per heavy atom. The van der Waals surface area contributed by atoms with Crippen LogP contribution in [0.5, 0.6) is 0 Å². The van der Waals surface area contributed by atoms with Crippen molar-refractivity contribution in [1.29, 1.82) is 0 Å². The maximum atomic E-state index is 11.6. The Balaban J connectivity index is 2.37. The molecule has 0 saturated heterocycles. The summed E-state index contributed by atoms with van der Waals surface area (Å²) in [6.07, 6.45) is 3.53. The second kappa shape index (κ2) is 8.94. The molecule has 0 unspecified atom stereocenters. The van der Waals surface area contributed by atoms with E-state index in [2.05, 4.69) is 20.6 Å². The van der Waals surface area contributed by atoms with E-state index >= 15 is 0 Å². The number of carbonyl (C=O) groups is 2. The third-order valence-electron chi connectivity index (χ3n) is 2.16. The van der Waals surface area contributed by atoms with Crippen molar-refractivity contribution in [3.05, 3.63) is 24.3 Å². The zero-order chi connectivity index (χ0) is 14.8. The summed E-state index contributed by atoms with van der Waals surface area (Å²) in [5, 5.41) is 4.62. The second-order valence-electron chi connectivity index (χ2n) is 3.60. The molecular formula is C12H18N4O4. The van der Waals surface area contributed by atoms with Gasteiger partial charge in [0.2, 0.25) is 0 Å². The molecule has 1 aromatic heterocycles. The minimum absolute atomic E-state index is 0.0637. The lowest BCUT2D eigenvalue weighted by Gasteiger charge is -2.17. The topological polar surface area (TPSA) is 102 Å². The maximum Gasteiger partial charge on any atom is 0.321 e. The van der Waals surface area contributed by atoms with Gasteiger partial charge in [-0.25, -0.2) is 9.78 Å². The van der Waals surface area contributed by atoms with Crippen molar-refractivity contribution in [3.8, 4) is 0 Å². The van der Waals surface area contributed by atoms with Crippen molar-refractivity contribution >= 4 is 11.9 Å². The molecule has 0 bridgehead atoms. The van der Waals surface area contributed by atoms with Crippen LogP contribution in [0.15, 0.2) is 18.6 Å². The third kappa shape index (κ3) is 5.72. The molecule has 0 aromatic carbocycles. The highest BCUT2D eigenvalue weighted by molar-refractivity contribution is 6.02. The van der Waals surface area contributed by atoms with Gasteiger partial charge in [0.15, 0.2) is 6.29 Å². The summed E-state index contributed by atoms with van der Waals surface area (Å²) >= 11 is 0. The molecular weight excluding hydrogens is 264 g/mol. The number of nitrogens with zero attached hydrogens (tertiary/aromatic N) is 2. The van der Waals surface area contributed by atoms with Crippen molar-refractivity contribution in [3.63, 3.8) is 0 Å². The highest BCUT2D eigenvalue weighted by Gasteiger charge is 2.13. The molecule has 0 spiro atoms. The van der Waals surface area contributed by atoms with Crippen LogP contribution in [-0.2, 0) is 9.47 Å². The van der Waals surface area contributed by atoms with Crippen LogP contribution in [0.3, 0.4) is 0 Å². The van der Waals surface area contributed by atoms with E-state index < -0.39 is 18.2 Å². The Morgan fingerprint density at radius 2 is 1.95 bits per heavy atom. The van der Waals surface area contributed by atoms with Crippen LogP contribution >= 0.6 is 0 Å². The highest BCUT2D eigenvalue weighted by Crippen LogP contribution is 1.93. The molecule has 0 aliphatic heterocycles. The van der Waals surface area contributed by atoms with Crippen molar-refractivity contribution in [2.75, 3.05) is 19.8 Å². The van der Waals surface area contributed by atoms with E-state index in [4.69, 9.17) is 9.47 Å². The normalized spacial score (nSPS) is 10.3. The largest absolute Gasteiger partial charge is 0.351 e. The molecule has 3 amide bonds. The van der Waals surface area contributed by atoms with Gasteiger partial charge in [-0.05, 0) is 13.8 Å². The summed E-state index contributed by atoms with van der Waals surface area (Å²) in [6, 6.07) is -0.648. The van der Waals surface area contributed by atoms with Gasteiger partial charge < -0.3 is 14.8 Å². The Morgan fingerprint density at radius 1 is 1.25 bits per heavy atom. The van der Waals surface area contributed by atoms with Gasteiger partial charge in [-0.2, -0.15) is 0 Å². The lowest BCUT2D eigenvalue weighted by Crippen LogP contribution is -2.43. The average molecular weight is 282 g/mol. The molecule has 1 aromatic rings. The standard InChI is InChI=1S/C12H18N4O4/c1-3-19-10(20-4-2)8-15-12(18)16-11(17)9-7-13-5-6-14-9/h5-7,10H,3-4,8H2,1-2H3,(H2,15,16,17,18). The molecule has 0 radical (unpaired) electrons. The third-order valence-corrected chi connectivity index (χ3v) is 2.16. The van der Waals surface area contributed by atoms with Crippen molar-refractivity contribution in [2.45, 2.75) is 20.1 Å². The number of carbonyl (C=O) groups excluding carboxylic acids is 2. The SMILES string of the molecule is CCOC(CNC(=O)NC(=O)c1cnccn1)OCC. The van der Waals surface area contributed by atoms with Gasteiger partial charge >= 0.3 is 6.03 Å². The number of ether oxygens (including phenoxy) is 2. The predicted molar refractivity (Wildman–Crippen MR) is 69.9 cm³/mol. The first-order valence-corrected chi connectivity index (χ1v) is 6.25. The first-order chi connectivity index (χ1) is 9.67. The number of amides is 3. The summed E-state index contributed by atoms with van der Waals surface area (Å²) in [6.45, 7) is 4.72. The Bertz CT molecular complexity index is 421. The lowest BCUT2D eigenvalue weighted by atomic mass is 10.4. The molecule has 110 valence electrons. The fraction of sp³-hybridized carbons (Fsp3) is 0.500. The number of aromatic nitrogens is 2. The molecule has 1 rings (SSSR count). The number of rotatable bonds is 7. The average Bonchev–Trinajstić information content (AvgIpc) is 2.46. The molecule has 8 heteroatoms. The van der Waals surface area contributed by atoms with E-state index in [9.17, 15) is 9.59 Å². The number of imide groups is 1. The first kappa shape index (κ1) is 16.0. The molecule has 1 heterocycles. The molecule has 2 N–H and O–H groups in total. The number of nitrogens with one attached hydrogen (secondary N) is 2. The van der Waals surface area contributed by atoms with E-state index in [1.807, 2.05) is 13.8 Å². The van der Waals surface area contributed by atoms with Gasteiger partial charge in [0.1, 0.15) is 5.69 Å². The molecule has 0 saturated carbocycles. The predicted octanol–water partition coefficient (Wildman–Crippen LogP) is 0.315. The molecule has 0 aliphatic rings. The van der Waals surface area contributed by atoms with Gasteiger partial charge in [0.25, 0.3) is 5.91 Å².